The summed E-state index contributed by atoms with van der Waals surface area (Å²) in [6, 6.07) is 9.75. The van der Waals surface area contributed by atoms with Crippen LogP contribution in [0.2, 0.25) is 0 Å². The van der Waals surface area contributed by atoms with E-state index in [1.54, 1.807) is 0 Å². The van der Waals surface area contributed by atoms with Crippen molar-refractivity contribution in [3.8, 4) is 0 Å². The van der Waals surface area contributed by atoms with Gasteiger partial charge in [0, 0.05) is 31.2 Å². The molecule has 0 unspecified atom stereocenters. The standard InChI is InChI=1S/C17H23N3O2/c1-17(2,3)22-16(21)20-15-6-4-13(5-7-15)10-19-12-14-8-9-18-11-14/h4-9,11,18-19H,10,12H2,1-3H3,(H,20,21). The van der Waals surface area contributed by atoms with Gasteiger partial charge < -0.3 is 15.0 Å². The number of amides is 1. The van der Waals surface area contributed by atoms with Crippen LogP contribution in [0.15, 0.2) is 42.7 Å². The van der Waals surface area contributed by atoms with Gasteiger partial charge in [0.2, 0.25) is 0 Å². The molecule has 1 amide bonds. The number of hydrogen-bond donors (Lipinski definition) is 3. The maximum atomic E-state index is 11.7. The van der Waals surface area contributed by atoms with Gasteiger partial charge in [-0.25, -0.2) is 4.79 Å². The van der Waals surface area contributed by atoms with E-state index in [0.29, 0.717) is 0 Å². The third kappa shape index (κ3) is 5.61. The first-order valence-electron chi connectivity index (χ1n) is 7.34. The zero-order valence-electron chi connectivity index (χ0n) is 13.3. The summed E-state index contributed by atoms with van der Waals surface area (Å²) in [5, 5.41) is 6.08. The van der Waals surface area contributed by atoms with E-state index in [4.69, 9.17) is 4.74 Å². The lowest BCUT2D eigenvalue weighted by Crippen LogP contribution is -2.27. The van der Waals surface area contributed by atoms with Gasteiger partial charge >= 0.3 is 6.09 Å². The van der Waals surface area contributed by atoms with Crippen LogP contribution >= 0.6 is 0 Å². The van der Waals surface area contributed by atoms with E-state index in [2.05, 4.69) is 15.6 Å². The Bertz CT molecular complexity index is 583. The number of benzene rings is 1. The molecule has 0 saturated carbocycles. The first-order valence-corrected chi connectivity index (χ1v) is 7.34. The first-order chi connectivity index (χ1) is 10.4. The second-order valence-electron chi connectivity index (χ2n) is 6.15. The van der Waals surface area contributed by atoms with Gasteiger partial charge in [0.1, 0.15) is 5.60 Å². The molecular formula is C17H23N3O2. The minimum atomic E-state index is -0.494. The molecule has 0 atom stereocenters. The van der Waals surface area contributed by atoms with E-state index in [9.17, 15) is 4.79 Å². The van der Waals surface area contributed by atoms with Gasteiger partial charge in [-0.15, -0.1) is 0 Å². The highest BCUT2D eigenvalue weighted by atomic mass is 16.6. The van der Waals surface area contributed by atoms with E-state index >= 15 is 0 Å². The fraction of sp³-hybridized carbons (Fsp3) is 0.353. The molecule has 5 heteroatoms. The van der Waals surface area contributed by atoms with Gasteiger partial charge in [-0.1, -0.05) is 12.1 Å². The lowest BCUT2D eigenvalue weighted by atomic mass is 10.2. The van der Waals surface area contributed by atoms with Crippen molar-refractivity contribution in [3.05, 3.63) is 53.9 Å². The fourth-order valence-electron chi connectivity index (χ4n) is 1.95. The lowest BCUT2D eigenvalue weighted by molar-refractivity contribution is 0.0636. The van der Waals surface area contributed by atoms with Gasteiger partial charge in [-0.2, -0.15) is 0 Å². The Labute approximate surface area is 131 Å². The molecule has 0 radical (unpaired) electrons. The molecule has 0 saturated heterocycles. The minimum Gasteiger partial charge on any atom is -0.444 e. The summed E-state index contributed by atoms with van der Waals surface area (Å²) in [5.74, 6) is 0. The van der Waals surface area contributed by atoms with Crippen molar-refractivity contribution in [2.45, 2.75) is 39.5 Å². The molecule has 2 rings (SSSR count). The Hall–Kier alpha value is -2.27. The SMILES string of the molecule is CC(C)(C)OC(=O)Nc1ccc(CNCc2cc[nH]c2)cc1. The molecular weight excluding hydrogens is 278 g/mol. The highest BCUT2D eigenvalue weighted by Crippen LogP contribution is 2.13. The summed E-state index contributed by atoms with van der Waals surface area (Å²) >= 11 is 0. The van der Waals surface area contributed by atoms with Gasteiger partial charge in [0.15, 0.2) is 0 Å². The molecule has 22 heavy (non-hydrogen) atoms. The van der Waals surface area contributed by atoms with E-state index < -0.39 is 11.7 Å². The highest BCUT2D eigenvalue weighted by Gasteiger charge is 2.15. The molecule has 1 aromatic carbocycles. The van der Waals surface area contributed by atoms with E-state index in [1.807, 2.05) is 63.5 Å². The highest BCUT2D eigenvalue weighted by molar-refractivity contribution is 5.84. The summed E-state index contributed by atoms with van der Waals surface area (Å²) in [6.07, 6.45) is 3.44. The number of H-pyrrole nitrogens is 1. The largest absolute Gasteiger partial charge is 0.444 e. The van der Waals surface area contributed by atoms with Gasteiger partial charge in [-0.3, -0.25) is 5.32 Å². The smallest absolute Gasteiger partial charge is 0.412 e. The van der Waals surface area contributed by atoms with Crippen molar-refractivity contribution in [2.24, 2.45) is 0 Å². The van der Waals surface area contributed by atoms with Crippen LogP contribution in [0.4, 0.5) is 10.5 Å². The van der Waals surface area contributed by atoms with Crippen molar-refractivity contribution in [2.75, 3.05) is 5.32 Å². The summed E-state index contributed by atoms with van der Waals surface area (Å²) < 4.78 is 5.21. The van der Waals surface area contributed by atoms with Crippen molar-refractivity contribution < 1.29 is 9.53 Å². The Balaban J connectivity index is 1.78. The maximum absolute atomic E-state index is 11.7. The van der Waals surface area contributed by atoms with Crippen molar-refractivity contribution in [1.82, 2.24) is 10.3 Å². The molecule has 118 valence electrons. The van der Waals surface area contributed by atoms with Gasteiger partial charge in [-0.05, 0) is 50.1 Å². The third-order valence-corrected chi connectivity index (χ3v) is 2.92. The Morgan fingerprint density at radius 1 is 1.09 bits per heavy atom. The topological polar surface area (TPSA) is 66.2 Å². The van der Waals surface area contributed by atoms with Crippen LogP contribution in [0, 0.1) is 0 Å². The molecule has 1 heterocycles. The number of ether oxygens (including phenoxy) is 1. The van der Waals surface area contributed by atoms with Crippen LogP contribution in [0.1, 0.15) is 31.9 Å². The molecule has 2 aromatic rings. The number of aromatic amines is 1. The second kappa shape index (κ2) is 7.13. The number of carbonyl (C=O) groups is 1. The van der Waals surface area contributed by atoms with E-state index in [1.165, 1.54) is 5.56 Å². The van der Waals surface area contributed by atoms with Crippen molar-refractivity contribution in [1.29, 1.82) is 0 Å². The van der Waals surface area contributed by atoms with Gasteiger partial charge in [0.05, 0.1) is 0 Å². The van der Waals surface area contributed by atoms with E-state index in [0.717, 1.165) is 24.3 Å². The van der Waals surface area contributed by atoms with Crippen LogP contribution < -0.4 is 10.6 Å². The van der Waals surface area contributed by atoms with Gasteiger partial charge in [0.25, 0.3) is 0 Å². The van der Waals surface area contributed by atoms with Crippen molar-refractivity contribution in [3.63, 3.8) is 0 Å². The molecule has 0 bridgehead atoms. The normalized spacial score (nSPS) is 11.2. The maximum Gasteiger partial charge on any atom is 0.412 e. The molecule has 0 aliphatic carbocycles. The third-order valence-electron chi connectivity index (χ3n) is 2.92. The molecule has 0 fully saturated rings. The van der Waals surface area contributed by atoms with Crippen LogP contribution in [-0.4, -0.2) is 16.7 Å². The lowest BCUT2D eigenvalue weighted by Gasteiger charge is -2.19. The summed E-state index contributed by atoms with van der Waals surface area (Å²) in [7, 11) is 0. The number of anilines is 1. The first kappa shape index (κ1) is 16.1. The molecule has 0 aliphatic rings. The fourth-order valence-corrected chi connectivity index (χ4v) is 1.95. The number of rotatable bonds is 5. The van der Waals surface area contributed by atoms with Crippen LogP contribution in [0.25, 0.3) is 0 Å². The number of aromatic nitrogens is 1. The van der Waals surface area contributed by atoms with Crippen molar-refractivity contribution >= 4 is 11.8 Å². The average Bonchev–Trinajstić information content (AvgIpc) is 2.92. The van der Waals surface area contributed by atoms with Crippen LogP contribution in [-0.2, 0) is 17.8 Å². The number of nitrogens with one attached hydrogen (secondary N) is 3. The zero-order valence-corrected chi connectivity index (χ0v) is 13.3. The predicted molar refractivity (Wildman–Crippen MR) is 87.6 cm³/mol. The Morgan fingerprint density at radius 2 is 1.77 bits per heavy atom. The average molecular weight is 301 g/mol. The zero-order chi connectivity index (χ0) is 16.0. The van der Waals surface area contributed by atoms with Crippen LogP contribution in [0.3, 0.4) is 0 Å². The summed E-state index contributed by atoms with van der Waals surface area (Å²) in [4.78, 5) is 14.7. The number of carbonyl (C=O) groups excluding carboxylic acids is 1. The summed E-state index contributed by atoms with van der Waals surface area (Å²) in [5.41, 5.74) is 2.61. The minimum absolute atomic E-state index is 0.439. The monoisotopic (exact) mass is 301 g/mol. The number of hydrogen-bond acceptors (Lipinski definition) is 3. The Morgan fingerprint density at radius 3 is 2.36 bits per heavy atom. The molecule has 5 nitrogen and oxygen atoms in total. The van der Waals surface area contributed by atoms with E-state index in [-0.39, 0.29) is 0 Å². The molecule has 1 aromatic heterocycles. The molecule has 3 N–H and O–H groups in total. The summed E-state index contributed by atoms with van der Waals surface area (Å²) in [6.45, 7) is 7.11. The predicted octanol–water partition coefficient (Wildman–Crippen LogP) is 3.65. The Kier molecular flexibility index (Phi) is 5.22. The van der Waals surface area contributed by atoms with Crippen LogP contribution in [0.5, 0.6) is 0 Å². The molecule has 0 aliphatic heterocycles. The quantitative estimate of drug-likeness (QED) is 0.789. The molecule has 0 spiro atoms. The second-order valence-corrected chi connectivity index (χ2v) is 6.15.